The molecule has 1 aliphatic carbocycles. The van der Waals surface area contributed by atoms with Crippen LogP contribution < -0.4 is 11.3 Å². The summed E-state index contributed by atoms with van der Waals surface area (Å²) in [4.78, 5) is 0. The standard InChI is InChI=1S/C18H36N2O/c1-5-7-8-9-10-11-16(20-19)18(21-6-2)14-12-17(3,4)13-15-18/h5,16,20H,1,6-15,19H2,2-4H3. The van der Waals surface area contributed by atoms with Gasteiger partial charge < -0.3 is 4.74 Å². The third-order valence-corrected chi connectivity index (χ3v) is 5.12. The molecular weight excluding hydrogens is 260 g/mol. The lowest BCUT2D eigenvalue weighted by Gasteiger charge is -2.47. The number of allylic oxidation sites excluding steroid dienone is 1. The van der Waals surface area contributed by atoms with Crippen molar-refractivity contribution >= 4 is 0 Å². The van der Waals surface area contributed by atoms with Crippen LogP contribution in [0.1, 0.15) is 78.6 Å². The molecule has 1 unspecified atom stereocenters. The largest absolute Gasteiger partial charge is 0.374 e. The van der Waals surface area contributed by atoms with Gasteiger partial charge >= 0.3 is 0 Å². The maximum Gasteiger partial charge on any atom is 0.0848 e. The van der Waals surface area contributed by atoms with Crippen molar-refractivity contribution in [1.29, 1.82) is 0 Å². The van der Waals surface area contributed by atoms with Crippen molar-refractivity contribution in [2.45, 2.75) is 90.2 Å². The van der Waals surface area contributed by atoms with Gasteiger partial charge in [0.2, 0.25) is 0 Å². The molecular formula is C18H36N2O. The summed E-state index contributed by atoms with van der Waals surface area (Å²) in [5, 5.41) is 0. The predicted molar refractivity (Wildman–Crippen MR) is 91.0 cm³/mol. The molecule has 0 heterocycles. The van der Waals surface area contributed by atoms with E-state index in [1.54, 1.807) is 0 Å². The van der Waals surface area contributed by atoms with Crippen LogP contribution in [0.15, 0.2) is 12.7 Å². The number of nitrogens with one attached hydrogen (secondary N) is 1. The van der Waals surface area contributed by atoms with Crippen LogP contribution >= 0.6 is 0 Å². The van der Waals surface area contributed by atoms with E-state index >= 15 is 0 Å². The van der Waals surface area contributed by atoms with Crippen LogP contribution in [0.4, 0.5) is 0 Å². The highest BCUT2D eigenvalue weighted by Gasteiger charge is 2.44. The van der Waals surface area contributed by atoms with E-state index in [1.165, 1.54) is 32.1 Å². The molecule has 3 N–H and O–H groups in total. The Kier molecular flexibility index (Phi) is 7.93. The molecule has 21 heavy (non-hydrogen) atoms. The molecule has 1 rings (SSSR count). The Morgan fingerprint density at radius 3 is 2.38 bits per heavy atom. The highest BCUT2D eigenvalue weighted by molar-refractivity contribution is 4.98. The maximum absolute atomic E-state index is 6.24. The topological polar surface area (TPSA) is 47.3 Å². The number of ether oxygens (including phenoxy) is 1. The molecule has 0 spiro atoms. The molecule has 3 heteroatoms. The Bertz CT molecular complexity index is 292. The van der Waals surface area contributed by atoms with E-state index < -0.39 is 0 Å². The van der Waals surface area contributed by atoms with Crippen molar-refractivity contribution in [3.63, 3.8) is 0 Å². The Labute approximate surface area is 131 Å². The van der Waals surface area contributed by atoms with Crippen LogP contribution in [0.5, 0.6) is 0 Å². The summed E-state index contributed by atoms with van der Waals surface area (Å²) >= 11 is 0. The molecule has 0 bridgehead atoms. The van der Waals surface area contributed by atoms with Gasteiger partial charge in [0.1, 0.15) is 0 Å². The zero-order chi connectivity index (χ0) is 15.8. The number of unbranched alkanes of at least 4 members (excludes halogenated alkanes) is 3. The van der Waals surface area contributed by atoms with Crippen molar-refractivity contribution in [3.05, 3.63) is 12.7 Å². The molecule has 0 aromatic rings. The third-order valence-electron chi connectivity index (χ3n) is 5.12. The zero-order valence-corrected chi connectivity index (χ0v) is 14.4. The Balaban J connectivity index is 2.57. The van der Waals surface area contributed by atoms with Crippen LogP contribution in [0.3, 0.4) is 0 Å². The van der Waals surface area contributed by atoms with Gasteiger partial charge in [0.05, 0.1) is 11.6 Å². The van der Waals surface area contributed by atoms with Crippen molar-refractivity contribution in [2.75, 3.05) is 6.61 Å². The van der Waals surface area contributed by atoms with Gasteiger partial charge in [-0.25, -0.2) is 0 Å². The first-order valence-corrected chi connectivity index (χ1v) is 8.70. The van der Waals surface area contributed by atoms with Crippen LogP contribution in [-0.4, -0.2) is 18.2 Å². The first-order valence-electron chi connectivity index (χ1n) is 8.70. The lowest BCUT2D eigenvalue weighted by Crippen LogP contribution is -2.57. The van der Waals surface area contributed by atoms with Crippen molar-refractivity contribution in [1.82, 2.24) is 5.43 Å². The molecule has 1 saturated carbocycles. The van der Waals surface area contributed by atoms with Gasteiger partial charge in [-0.05, 0) is 57.3 Å². The molecule has 0 aliphatic heterocycles. The maximum atomic E-state index is 6.24. The quantitative estimate of drug-likeness (QED) is 0.273. The van der Waals surface area contributed by atoms with E-state index in [-0.39, 0.29) is 11.6 Å². The molecule has 0 aromatic heterocycles. The molecule has 1 aliphatic rings. The minimum Gasteiger partial charge on any atom is -0.374 e. The van der Waals surface area contributed by atoms with E-state index in [0.29, 0.717) is 5.41 Å². The average molecular weight is 296 g/mol. The monoisotopic (exact) mass is 296 g/mol. The molecule has 0 radical (unpaired) electrons. The number of rotatable bonds is 10. The summed E-state index contributed by atoms with van der Waals surface area (Å²) < 4.78 is 6.24. The Morgan fingerprint density at radius 1 is 1.19 bits per heavy atom. The Morgan fingerprint density at radius 2 is 1.86 bits per heavy atom. The number of hydrogen-bond donors (Lipinski definition) is 2. The highest BCUT2D eigenvalue weighted by atomic mass is 16.5. The molecule has 124 valence electrons. The summed E-state index contributed by atoms with van der Waals surface area (Å²) in [7, 11) is 0. The summed E-state index contributed by atoms with van der Waals surface area (Å²) in [5.41, 5.74) is 3.46. The van der Waals surface area contributed by atoms with Gasteiger partial charge in [-0.3, -0.25) is 11.3 Å². The van der Waals surface area contributed by atoms with Gasteiger partial charge in [-0.15, -0.1) is 6.58 Å². The lowest BCUT2D eigenvalue weighted by molar-refractivity contribution is -0.108. The molecule has 0 amide bonds. The van der Waals surface area contributed by atoms with Crippen molar-refractivity contribution in [3.8, 4) is 0 Å². The van der Waals surface area contributed by atoms with Crippen LogP contribution in [0, 0.1) is 5.41 Å². The van der Waals surface area contributed by atoms with Gasteiger partial charge in [0.25, 0.3) is 0 Å². The molecule has 1 fully saturated rings. The molecule has 0 saturated heterocycles. The SMILES string of the molecule is C=CCCCCCC(NN)C1(OCC)CCC(C)(C)CC1. The number of nitrogens with two attached hydrogens (primary N) is 1. The fourth-order valence-electron chi connectivity index (χ4n) is 3.54. The molecule has 3 nitrogen and oxygen atoms in total. The average Bonchev–Trinajstić information content (AvgIpc) is 2.46. The van der Waals surface area contributed by atoms with E-state index in [2.05, 4.69) is 32.8 Å². The van der Waals surface area contributed by atoms with E-state index in [1.807, 2.05) is 6.08 Å². The van der Waals surface area contributed by atoms with Gasteiger partial charge in [0, 0.05) is 6.61 Å². The van der Waals surface area contributed by atoms with Crippen LogP contribution in [-0.2, 0) is 4.74 Å². The van der Waals surface area contributed by atoms with E-state index in [4.69, 9.17) is 10.6 Å². The van der Waals surface area contributed by atoms with Gasteiger partial charge in [-0.1, -0.05) is 32.8 Å². The smallest absolute Gasteiger partial charge is 0.0848 e. The van der Waals surface area contributed by atoms with Crippen LogP contribution in [0.25, 0.3) is 0 Å². The normalized spacial score (nSPS) is 21.9. The summed E-state index contributed by atoms with van der Waals surface area (Å²) in [6.45, 7) is 11.4. The first-order chi connectivity index (χ1) is 9.99. The fourth-order valence-corrected chi connectivity index (χ4v) is 3.54. The van der Waals surface area contributed by atoms with E-state index in [0.717, 1.165) is 32.3 Å². The number of hydrazine groups is 1. The van der Waals surface area contributed by atoms with Crippen molar-refractivity contribution in [2.24, 2.45) is 11.3 Å². The fraction of sp³-hybridized carbons (Fsp3) is 0.889. The second kappa shape index (κ2) is 8.92. The minimum absolute atomic E-state index is 0.0581. The van der Waals surface area contributed by atoms with Crippen molar-refractivity contribution < 1.29 is 4.74 Å². The lowest BCUT2D eigenvalue weighted by atomic mass is 9.68. The third kappa shape index (κ3) is 5.72. The minimum atomic E-state index is -0.0581. The highest BCUT2D eigenvalue weighted by Crippen LogP contribution is 2.44. The summed E-state index contributed by atoms with van der Waals surface area (Å²) in [5.74, 6) is 5.88. The Hall–Kier alpha value is -0.380. The molecule has 1 atom stereocenters. The first kappa shape index (κ1) is 18.7. The second-order valence-electron chi connectivity index (χ2n) is 7.31. The zero-order valence-electron chi connectivity index (χ0n) is 14.4. The molecule has 0 aromatic carbocycles. The second-order valence-corrected chi connectivity index (χ2v) is 7.31. The number of hydrogen-bond acceptors (Lipinski definition) is 3. The van der Waals surface area contributed by atoms with Crippen LogP contribution in [0.2, 0.25) is 0 Å². The van der Waals surface area contributed by atoms with Gasteiger partial charge in [0.15, 0.2) is 0 Å². The van der Waals surface area contributed by atoms with E-state index in [9.17, 15) is 0 Å². The summed E-state index contributed by atoms with van der Waals surface area (Å²) in [6.07, 6.45) is 12.6. The summed E-state index contributed by atoms with van der Waals surface area (Å²) in [6, 6.07) is 0.275. The van der Waals surface area contributed by atoms with Gasteiger partial charge in [-0.2, -0.15) is 0 Å². The predicted octanol–water partition coefficient (Wildman–Crippen LogP) is 4.33.